The Bertz CT molecular complexity index is 2340. The van der Waals surface area contributed by atoms with E-state index in [1.54, 1.807) is 0 Å². The molecule has 0 saturated heterocycles. The summed E-state index contributed by atoms with van der Waals surface area (Å²) in [4.78, 5) is 36.7. The maximum Gasteiger partial charge on any atom is 0.256 e. The molecule has 6 heteroatoms. The average molecular weight is 661 g/mol. The van der Waals surface area contributed by atoms with Gasteiger partial charge < -0.3 is 10.6 Å². The summed E-state index contributed by atoms with van der Waals surface area (Å²) >= 11 is 0. The van der Waals surface area contributed by atoms with Gasteiger partial charge in [0.05, 0.1) is 33.5 Å². The molecule has 0 bridgehead atoms. The molecular weight excluding hydrogens is 629 g/mol. The molecule has 2 aromatic heterocycles. The molecule has 0 fully saturated rings. The Kier molecular flexibility index (Phi) is 8.55. The Morgan fingerprint density at radius 3 is 1.22 bits per heavy atom. The first-order valence-corrected chi connectivity index (χ1v) is 16.8. The first kappa shape index (κ1) is 31.4. The Morgan fingerprint density at radius 2 is 0.804 bits per heavy atom. The lowest BCUT2D eigenvalue weighted by Gasteiger charge is -2.12. The van der Waals surface area contributed by atoms with Gasteiger partial charge in [-0.15, -0.1) is 0 Å². The first-order valence-electron chi connectivity index (χ1n) is 16.8. The summed E-state index contributed by atoms with van der Waals surface area (Å²) in [7, 11) is 0. The van der Waals surface area contributed by atoms with E-state index in [-0.39, 0.29) is 11.8 Å². The third-order valence-corrected chi connectivity index (χ3v) is 8.89. The summed E-state index contributed by atoms with van der Waals surface area (Å²) in [6, 6.07) is 54.6. The van der Waals surface area contributed by atoms with Crippen LogP contribution in [-0.2, 0) is 6.42 Å². The Labute approximate surface area is 295 Å². The van der Waals surface area contributed by atoms with Gasteiger partial charge >= 0.3 is 0 Å². The fourth-order valence-electron chi connectivity index (χ4n) is 6.28. The van der Waals surface area contributed by atoms with Crippen LogP contribution in [0.5, 0.6) is 0 Å². The minimum absolute atomic E-state index is 0.188. The Hall–Kier alpha value is -6.92. The monoisotopic (exact) mass is 660 g/mol. The largest absolute Gasteiger partial charge is 0.322 e. The maximum atomic E-state index is 13.6. The standard InChI is InChI=1S/C45H32N4O2/c50-44(38-28-42(32-11-3-1-4-12-32)48-40-17-9-7-15-36(38)40)46-34-23-19-30(20-24-34)27-31-21-25-35(26-22-31)47-45(51)39-29-43(33-13-5-2-6-14-33)49-41-18-10-8-16-37(39)41/h1-26,28-29H,27H2,(H,46,50)(H,47,51). The number of amides is 2. The van der Waals surface area contributed by atoms with Crippen LogP contribution >= 0.6 is 0 Å². The molecule has 0 aliphatic carbocycles. The smallest absolute Gasteiger partial charge is 0.256 e. The normalized spacial score (nSPS) is 11.0. The van der Waals surface area contributed by atoms with Gasteiger partial charge in [0.2, 0.25) is 0 Å². The summed E-state index contributed by atoms with van der Waals surface area (Å²) in [5, 5.41) is 7.75. The van der Waals surface area contributed by atoms with Gasteiger partial charge in [0.15, 0.2) is 0 Å². The second-order valence-electron chi connectivity index (χ2n) is 12.4. The molecule has 2 heterocycles. The third kappa shape index (κ3) is 6.84. The number of anilines is 2. The van der Waals surface area contributed by atoms with Crippen molar-refractivity contribution in [3.8, 4) is 22.5 Å². The second-order valence-corrected chi connectivity index (χ2v) is 12.4. The number of pyridine rings is 2. The van der Waals surface area contributed by atoms with Crippen LogP contribution in [-0.4, -0.2) is 21.8 Å². The number of hydrogen-bond donors (Lipinski definition) is 2. The van der Waals surface area contributed by atoms with Gasteiger partial charge in [-0.1, -0.05) is 121 Å². The molecule has 8 aromatic rings. The van der Waals surface area contributed by atoms with Crippen LogP contribution in [0.3, 0.4) is 0 Å². The predicted molar refractivity (Wildman–Crippen MR) is 206 cm³/mol. The highest BCUT2D eigenvalue weighted by atomic mass is 16.2. The van der Waals surface area contributed by atoms with Crippen LogP contribution < -0.4 is 10.6 Å². The number of carbonyl (C=O) groups excluding carboxylic acids is 2. The molecule has 0 aliphatic rings. The number of benzene rings is 6. The fourth-order valence-corrected chi connectivity index (χ4v) is 6.28. The van der Waals surface area contributed by atoms with Crippen molar-refractivity contribution in [2.75, 3.05) is 10.6 Å². The molecule has 0 aliphatic heterocycles. The average Bonchev–Trinajstić information content (AvgIpc) is 3.19. The molecule has 0 saturated carbocycles. The Balaban J connectivity index is 0.948. The van der Waals surface area contributed by atoms with Crippen LogP contribution in [0.2, 0.25) is 0 Å². The van der Waals surface area contributed by atoms with Crippen molar-refractivity contribution >= 4 is 45.0 Å². The number of carbonyl (C=O) groups is 2. The van der Waals surface area contributed by atoms with Crippen LogP contribution in [0.4, 0.5) is 11.4 Å². The quantitative estimate of drug-likeness (QED) is 0.170. The predicted octanol–water partition coefficient (Wildman–Crippen LogP) is 10.2. The molecule has 51 heavy (non-hydrogen) atoms. The summed E-state index contributed by atoms with van der Waals surface area (Å²) in [5.74, 6) is -0.376. The van der Waals surface area contributed by atoms with Crippen molar-refractivity contribution < 1.29 is 9.59 Å². The number of para-hydroxylation sites is 2. The molecule has 8 rings (SSSR count). The van der Waals surface area contributed by atoms with Crippen molar-refractivity contribution in [1.29, 1.82) is 0 Å². The molecule has 2 N–H and O–H groups in total. The van der Waals surface area contributed by atoms with Gasteiger partial charge in [0.1, 0.15) is 0 Å². The molecule has 6 nitrogen and oxygen atoms in total. The molecular formula is C45H32N4O2. The van der Waals surface area contributed by atoms with Crippen LogP contribution in [0.25, 0.3) is 44.3 Å². The number of rotatable bonds is 8. The lowest BCUT2D eigenvalue weighted by molar-refractivity contribution is 0.102. The molecule has 6 aromatic carbocycles. The van der Waals surface area contributed by atoms with Gasteiger partial charge in [0.25, 0.3) is 11.8 Å². The summed E-state index contributed by atoms with van der Waals surface area (Å²) in [6.45, 7) is 0. The maximum absolute atomic E-state index is 13.6. The zero-order valence-corrected chi connectivity index (χ0v) is 27.6. The molecule has 0 unspecified atom stereocenters. The Morgan fingerprint density at radius 1 is 0.431 bits per heavy atom. The number of aromatic nitrogens is 2. The summed E-state index contributed by atoms with van der Waals surface area (Å²) < 4.78 is 0. The van der Waals surface area contributed by atoms with E-state index in [9.17, 15) is 9.59 Å². The minimum atomic E-state index is -0.188. The number of hydrogen-bond acceptors (Lipinski definition) is 4. The highest BCUT2D eigenvalue weighted by Crippen LogP contribution is 2.28. The lowest BCUT2D eigenvalue weighted by Crippen LogP contribution is -2.13. The van der Waals surface area contributed by atoms with Gasteiger partial charge in [-0.3, -0.25) is 9.59 Å². The number of nitrogens with zero attached hydrogens (tertiary/aromatic N) is 2. The van der Waals surface area contributed by atoms with E-state index in [4.69, 9.17) is 9.97 Å². The van der Waals surface area contributed by atoms with Gasteiger partial charge in [0, 0.05) is 33.3 Å². The first-order chi connectivity index (χ1) is 25.1. The molecule has 244 valence electrons. The van der Waals surface area contributed by atoms with E-state index in [1.807, 2.05) is 170 Å². The van der Waals surface area contributed by atoms with E-state index in [2.05, 4.69) is 10.6 Å². The van der Waals surface area contributed by atoms with Crippen molar-refractivity contribution in [3.05, 3.63) is 192 Å². The van der Waals surface area contributed by atoms with Gasteiger partial charge in [-0.2, -0.15) is 0 Å². The molecule has 0 atom stereocenters. The zero-order chi connectivity index (χ0) is 34.6. The van der Waals surface area contributed by atoms with E-state index in [1.165, 1.54) is 0 Å². The summed E-state index contributed by atoms with van der Waals surface area (Å²) in [5.41, 5.74) is 9.73. The van der Waals surface area contributed by atoms with E-state index in [0.717, 1.165) is 55.4 Å². The number of fused-ring (bicyclic) bond motifs is 2. The van der Waals surface area contributed by atoms with Crippen LogP contribution in [0.1, 0.15) is 31.8 Å². The minimum Gasteiger partial charge on any atom is -0.322 e. The number of nitrogens with one attached hydrogen (secondary N) is 2. The van der Waals surface area contributed by atoms with E-state index in [0.29, 0.717) is 28.9 Å². The van der Waals surface area contributed by atoms with E-state index < -0.39 is 0 Å². The van der Waals surface area contributed by atoms with Crippen molar-refractivity contribution in [1.82, 2.24) is 9.97 Å². The lowest BCUT2D eigenvalue weighted by atomic mass is 10.0. The topological polar surface area (TPSA) is 84.0 Å². The highest BCUT2D eigenvalue weighted by molar-refractivity contribution is 6.14. The van der Waals surface area contributed by atoms with Crippen molar-refractivity contribution in [2.45, 2.75) is 6.42 Å². The third-order valence-electron chi connectivity index (χ3n) is 8.89. The van der Waals surface area contributed by atoms with Gasteiger partial charge in [-0.25, -0.2) is 9.97 Å². The van der Waals surface area contributed by atoms with Crippen LogP contribution in [0.15, 0.2) is 170 Å². The fraction of sp³-hybridized carbons (Fsp3) is 0.0222. The van der Waals surface area contributed by atoms with Gasteiger partial charge in [-0.05, 0) is 66.1 Å². The SMILES string of the molecule is O=C(Nc1ccc(Cc2ccc(NC(=O)c3cc(-c4ccccc4)nc4ccccc34)cc2)cc1)c1cc(-c2ccccc2)nc2ccccc12. The van der Waals surface area contributed by atoms with Crippen LogP contribution in [0, 0.1) is 0 Å². The van der Waals surface area contributed by atoms with Crippen molar-refractivity contribution in [2.24, 2.45) is 0 Å². The van der Waals surface area contributed by atoms with Crippen molar-refractivity contribution in [3.63, 3.8) is 0 Å². The molecule has 0 radical (unpaired) electrons. The zero-order valence-electron chi connectivity index (χ0n) is 27.6. The molecule has 0 spiro atoms. The molecule has 2 amide bonds. The highest BCUT2D eigenvalue weighted by Gasteiger charge is 2.16. The second kappa shape index (κ2) is 13.9. The van der Waals surface area contributed by atoms with E-state index >= 15 is 0 Å². The summed E-state index contributed by atoms with van der Waals surface area (Å²) in [6.07, 6.45) is 0.702.